The third kappa shape index (κ3) is 3.58. The van der Waals surface area contributed by atoms with Gasteiger partial charge in [-0.15, -0.1) is 0 Å². The highest BCUT2D eigenvalue weighted by Crippen LogP contribution is 2.27. The van der Waals surface area contributed by atoms with Crippen molar-refractivity contribution in [1.29, 1.82) is 0 Å². The highest BCUT2D eigenvalue weighted by molar-refractivity contribution is 5.30. The first kappa shape index (κ1) is 14.5. The molecule has 0 amide bonds. The third-order valence-electron chi connectivity index (χ3n) is 4.22. The van der Waals surface area contributed by atoms with Crippen LogP contribution in [-0.2, 0) is 0 Å². The van der Waals surface area contributed by atoms with Crippen LogP contribution in [-0.4, -0.2) is 29.1 Å². The summed E-state index contributed by atoms with van der Waals surface area (Å²) in [5.74, 6) is 0.675. The monoisotopic (exact) mass is 261 g/mol. The van der Waals surface area contributed by atoms with Crippen LogP contribution in [0.2, 0.25) is 0 Å². The molecule has 2 atom stereocenters. The Morgan fingerprint density at radius 2 is 1.84 bits per heavy atom. The topological polar surface area (TPSA) is 23.5 Å². The van der Waals surface area contributed by atoms with Crippen molar-refractivity contribution in [1.82, 2.24) is 4.90 Å². The van der Waals surface area contributed by atoms with Gasteiger partial charge in [0.05, 0.1) is 6.10 Å². The Bertz CT molecular complexity index is 407. The molecule has 1 aliphatic rings. The molecule has 1 N–H and O–H groups in total. The largest absolute Gasteiger partial charge is 0.387 e. The van der Waals surface area contributed by atoms with E-state index >= 15 is 0 Å². The van der Waals surface area contributed by atoms with E-state index in [4.69, 9.17) is 0 Å². The molecule has 2 heteroatoms. The van der Waals surface area contributed by atoms with Gasteiger partial charge in [0.15, 0.2) is 0 Å². The maximum Gasteiger partial charge on any atom is 0.0917 e. The van der Waals surface area contributed by atoms with Gasteiger partial charge in [0.25, 0.3) is 0 Å². The Kier molecular flexibility index (Phi) is 4.64. The van der Waals surface area contributed by atoms with Gasteiger partial charge in [-0.25, -0.2) is 0 Å². The zero-order chi connectivity index (χ0) is 14.0. The number of aliphatic hydroxyl groups is 1. The molecule has 2 nitrogen and oxygen atoms in total. The standard InChI is InChI=1S/C17H27NO/c1-12(2)16-6-5-7-18(16)11-17(19)15-9-13(3)8-14(4)10-15/h8-10,12,16-17,19H,5-7,11H2,1-4H3. The summed E-state index contributed by atoms with van der Waals surface area (Å²) in [5, 5.41) is 10.5. The number of hydrogen-bond acceptors (Lipinski definition) is 2. The van der Waals surface area contributed by atoms with Crippen molar-refractivity contribution >= 4 is 0 Å². The molecule has 2 rings (SSSR count). The number of aliphatic hydroxyl groups excluding tert-OH is 1. The van der Waals surface area contributed by atoms with E-state index in [2.05, 4.69) is 50.8 Å². The second-order valence-corrected chi connectivity index (χ2v) is 6.39. The summed E-state index contributed by atoms with van der Waals surface area (Å²) in [6, 6.07) is 7.01. The van der Waals surface area contributed by atoms with Crippen LogP contribution in [0, 0.1) is 19.8 Å². The fourth-order valence-corrected chi connectivity index (χ4v) is 3.36. The molecule has 1 fully saturated rings. The van der Waals surface area contributed by atoms with Gasteiger partial charge in [0.2, 0.25) is 0 Å². The first-order chi connectivity index (χ1) is 8.97. The van der Waals surface area contributed by atoms with Crippen LogP contribution >= 0.6 is 0 Å². The first-order valence-corrected chi connectivity index (χ1v) is 7.47. The minimum Gasteiger partial charge on any atom is -0.387 e. The molecule has 0 spiro atoms. The van der Waals surface area contributed by atoms with E-state index in [-0.39, 0.29) is 6.10 Å². The summed E-state index contributed by atoms with van der Waals surface area (Å²) in [6.07, 6.45) is 2.18. The molecule has 106 valence electrons. The number of likely N-dealkylation sites (tertiary alicyclic amines) is 1. The molecule has 1 aromatic rings. The zero-order valence-electron chi connectivity index (χ0n) is 12.7. The van der Waals surface area contributed by atoms with Crippen LogP contribution in [0.1, 0.15) is 49.5 Å². The normalized spacial score (nSPS) is 22.1. The van der Waals surface area contributed by atoms with Crippen molar-refractivity contribution in [2.45, 2.75) is 52.7 Å². The Balaban J connectivity index is 2.06. The van der Waals surface area contributed by atoms with Crippen LogP contribution in [0.5, 0.6) is 0 Å². The number of nitrogens with zero attached hydrogens (tertiary/aromatic N) is 1. The number of hydrogen-bond donors (Lipinski definition) is 1. The predicted molar refractivity (Wildman–Crippen MR) is 80.3 cm³/mol. The van der Waals surface area contributed by atoms with Crippen molar-refractivity contribution in [3.8, 4) is 0 Å². The summed E-state index contributed by atoms with van der Waals surface area (Å²) in [7, 11) is 0. The number of β-amino-alcohol motifs (C(OH)–C–C–N with tert-alkyl or cyclic N) is 1. The number of rotatable bonds is 4. The fraction of sp³-hybridized carbons (Fsp3) is 0.647. The summed E-state index contributed by atoms with van der Waals surface area (Å²) >= 11 is 0. The Hall–Kier alpha value is -0.860. The van der Waals surface area contributed by atoms with E-state index in [0.717, 1.165) is 18.7 Å². The zero-order valence-corrected chi connectivity index (χ0v) is 12.7. The predicted octanol–water partition coefficient (Wildman–Crippen LogP) is 3.46. The SMILES string of the molecule is Cc1cc(C)cc(C(O)CN2CCCC2C(C)C)c1. The van der Waals surface area contributed by atoms with E-state index in [0.29, 0.717) is 12.0 Å². The van der Waals surface area contributed by atoms with Crippen molar-refractivity contribution < 1.29 is 5.11 Å². The third-order valence-corrected chi connectivity index (χ3v) is 4.22. The quantitative estimate of drug-likeness (QED) is 0.897. The molecule has 1 aromatic carbocycles. The lowest BCUT2D eigenvalue weighted by atomic mass is 10.00. The molecule has 1 heterocycles. The molecular weight excluding hydrogens is 234 g/mol. The van der Waals surface area contributed by atoms with Crippen molar-refractivity contribution in [2.24, 2.45) is 5.92 Å². The van der Waals surface area contributed by atoms with Crippen LogP contribution in [0.4, 0.5) is 0 Å². The molecule has 2 unspecified atom stereocenters. The van der Waals surface area contributed by atoms with Crippen LogP contribution < -0.4 is 0 Å². The summed E-state index contributed by atoms with van der Waals surface area (Å²) in [4.78, 5) is 2.47. The molecule has 19 heavy (non-hydrogen) atoms. The van der Waals surface area contributed by atoms with E-state index in [1.165, 1.54) is 24.0 Å². The van der Waals surface area contributed by atoms with Crippen molar-refractivity contribution in [3.63, 3.8) is 0 Å². The lowest BCUT2D eigenvalue weighted by Gasteiger charge is -2.29. The number of benzene rings is 1. The lowest BCUT2D eigenvalue weighted by Crippen LogP contribution is -2.36. The van der Waals surface area contributed by atoms with Gasteiger partial charge in [0.1, 0.15) is 0 Å². The summed E-state index contributed by atoms with van der Waals surface area (Å²) in [6.45, 7) is 10.7. The van der Waals surface area contributed by atoms with Gasteiger partial charge in [0, 0.05) is 12.6 Å². The molecule has 0 aliphatic carbocycles. The van der Waals surface area contributed by atoms with Gasteiger partial charge in [-0.2, -0.15) is 0 Å². The van der Waals surface area contributed by atoms with Gasteiger partial charge in [-0.1, -0.05) is 43.2 Å². The Morgan fingerprint density at radius 1 is 1.21 bits per heavy atom. The average Bonchev–Trinajstić information content (AvgIpc) is 2.75. The van der Waals surface area contributed by atoms with Crippen LogP contribution in [0.15, 0.2) is 18.2 Å². The molecule has 0 saturated carbocycles. The Morgan fingerprint density at radius 3 is 2.42 bits per heavy atom. The van der Waals surface area contributed by atoms with Crippen LogP contribution in [0.3, 0.4) is 0 Å². The average molecular weight is 261 g/mol. The maximum atomic E-state index is 10.5. The van der Waals surface area contributed by atoms with E-state index < -0.39 is 0 Å². The van der Waals surface area contributed by atoms with Crippen molar-refractivity contribution in [3.05, 3.63) is 34.9 Å². The summed E-state index contributed by atoms with van der Waals surface area (Å²) < 4.78 is 0. The molecule has 1 saturated heterocycles. The maximum absolute atomic E-state index is 10.5. The molecule has 0 radical (unpaired) electrons. The second-order valence-electron chi connectivity index (χ2n) is 6.39. The van der Waals surface area contributed by atoms with Crippen LogP contribution in [0.25, 0.3) is 0 Å². The van der Waals surface area contributed by atoms with E-state index in [1.807, 2.05) is 0 Å². The molecule has 0 bridgehead atoms. The van der Waals surface area contributed by atoms with Gasteiger partial charge >= 0.3 is 0 Å². The van der Waals surface area contributed by atoms with Crippen molar-refractivity contribution in [2.75, 3.05) is 13.1 Å². The van der Waals surface area contributed by atoms with Gasteiger partial charge in [-0.3, -0.25) is 4.90 Å². The van der Waals surface area contributed by atoms with Gasteiger partial charge in [-0.05, 0) is 44.7 Å². The lowest BCUT2D eigenvalue weighted by molar-refractivity contribution is 0.0938. The summed E-state index contributed by atoms with van der Waals surface area (Å²) in [5.41, 5.74) is 3.53. The minimum atomic E-state index is -0.363. The van der Waals surface area contributed by atoms with Gasteiger partial charge < -0.3 is 5.11 Å². The number of aryl methyl sites for hydroxylation is 2. The van der Waals surface area contributed by atoms with E-state index in [1.54, 1.807) is 0 Å². The minimum absolute atomic E-state index is 0.363. The fourth-order valence-electron chi connectivity index (χ4n) is 3.36. The molecular formula is C17H27NO. The Labute approximate surface area is 117 Å². The molecule has 0 aromatic heterocycles. The smallest absolute Gasteiger partial charge is 0.0917 e. The molecule has 1 aliphatic heterocycles. The highest BCUT2D eigenvalue weighted by atomic mass is 16.3. The highest BCUT2D eigenvalue weighted by Gasteiger charge is 2.28. The second kappa shape index (κ2) is 6.06. The first-order valence-electron chi connectivity index (χ1n) is 7.47. The van der Waals surface area contributed by atoms with E-state index in [9.17, 15) is 5.11 Å².